The molecule has 2 heterocycles. The van der Waals surface area contributed by atoms with E-state index in [0.717, 1.165) is 12.8 Å². The molecule has 1 aliphatic rings. The van der Waals surface area contributed by atoms with Crippen molar-refractivity contribution in [1.29, 1.82) is 0 Å². The van der Waals surface area contributed by atoms with Crippen LogP contribution in [0.25, 0.3) is 11.0 Å². The zero-order chi connectivity index (χ0) is 20.5. The highest BCUT2D eigenvalue weighted by atomic mass is 16.3. The Labute approximate surface area is 167 Å². The molecule has 0 spiro atoms. The number of rotatable bonds is 3. The van der Waals surface area contributed by atoms with E-state index in [0.29, 0.717) is 42.1 Å². The molecule has 1 saturated heterocycles. The lowest BCUT2D eigenvalue weighted by molar-refractivity contribution is 0.0713. The van der Waals surface area contributed by atoms with Crippen molar-refractivity contribution in [2.75, 3.05) is 13.1 Å². The zero-order valence-electron chi connectivity index (χ0n) is 16.2. The molecule has 0 saturated carbocycles. The SMILES string of the molecule is CCn1c(=O)c(=O)[nH]c2cc(C(=O)N3CCC(c4ccc(O)cc4)CC3)ccc21. The van der Waals surface area contributed by atoms with E-state index >= 15 is 0 Å². The Bertz CT molecular complexity index is 1170. The Balaban J connectivity index is 1.53. The Morgan fingerprint density at radius 2 is 1.79 bits per heavy atom. The first kappa shape index (κ1) is 19.0. The van der Waals surface area contributed by atoms with Gasteiger partial charge in [-0.1, -0.05) is 12.1 Å². The van der Waals surface area contributed by atoms with Gasteiger partial charge in [0, 0.05) is 25.2 Å². The maximum absolute atomic E-state index is 13.0. The van der Waals surface area contributed by atoms with Crippen molar-refractivity contribution in [3.05, 3.63) is 74.3 Å². The summed E-state index contributed by atoms with van der Waals surface area (Å²) in [4.78, 5) is 41.2. The van der Waals surface area contributed by atoms with Gasteiger partial charge in [0.2, 0.25) is 0 Å². The molecule has 29 heavy (non-hydrogen) atoms. The molecule has 0 atom stereocenters. The summed E-state index contributed by atoms with van der Waals surface area (Å²) in [5, 5.41) is 9.44. The standard InChI is InChI=1S/C22H23N3O4/c1-2-25-19-8-5-16(13-18(19)23-20(27)22(25)29)21(28)24-11-9-15(10-12-24)14-3-6-17(26)7-4-14/h3-8,13,15,26H,2,9-12H2,1H3,(H,23,27). The maximum atomic E-state index is 13.0. The quantitative estimate of drug-likeness (QED) is 0.668. The molecule has 2 aromatic carbocycles. The van der Waals surface area contributed by atoms with E-state index in [1.54, 1.807) is 37.3 Å². The highest BCUT2D eigenvalue weighted by Crippen LogP contribution is 2.29. The molecule has 7 nitrogen and oxygen atoms in total. The van der Waals surface area contributed by atoms with Gasteiger partial charge in [0.25, 0.3) is 5.91 Å². The number of benzene rings is 2. The fourth-order valence-electron chi connectivity index (χ4n) is 4.07. The average molecular weight is 393 g/mol. The van der Waals surface area contributed by atoms with Crippen molar-refractivity contribution in [2.24, 2.45) is 0 Å². The minimum Gasteiger partial charge on any atom is -0.508 e. The van der Waals surface area contributed by atoms with Crippen molar-refractivity contribution in [1.82, 2.24) is 14.5 Å². The van der Waals surface area contributed by atoms with Gasteiger partial charge < -0.3 is 19.6 Å². The number of H-pyrrole nitrogens is 1. The molecule has 0 bridgehead atoms. The number of hydrogen-bond acceptors (Lipinski definition) is 4. The Morgan fingerprint density at radius 1 is 1.10 bits per heavy atom. The number of piperidine rings is 1. The summed E-state index contributed by atoms with van der Waals surface area (Å²) in [5.74, 6) is 0.543. The van der Waals surface area contributed by atoms with E-state index in [1.165, 1.54) is 10.1 Å². The Morgan fingerprint density at radius 3 is 2.45 bits per heavy atom. The number of aromatic hydroxyl groups is 1. The summed E-state index contributed by atoms with van der Waals surface area (Å²) in [5.41, 5.74) is 1.50. The summed E-state index contributed by atoms with van der Waals surface area (Å²) in [6.45, 7) is 3.48. The number of aryl methyl sites for hydroxylation is 1. The van der Waals surface area contributed by atoms with Crippen molar-refractivity contribution in [2.45, 2.75) is 32.2 Å². The molecule has 1 fully saturated rings. The highest BCUT2D eigenvalue weighted by molar-refractivity contribution is 5.97. The number of hydrogen-bond donors (Lipinski definition) is 2. The summed E-state index contributed by atoms with van der Waals surface area (Å²) >= 11 is 0. The molecule has 7 heteroatoms. The lowest BCUT2D eigenvalue weighted by atomic mass is 9.89. The molecule has 1 aromatic heterocycles. The van der Waals surface area contributed by atoms with Crippen molar-refractivity contribution < 1.29 is 9.90 Å². The predicted octanol–water partition coefficient (Wildman–Crippen LogP) is 2.44. The maximum Gasteiger partial charge on any atom is 0.316 e. The number of likely N-dealkylation sites (tertiary alicyclic amines) is 1. The molecule has 4 rings (SSSR count). The molecular weight excluding hydrogens is 370 g/mol. The fourth-order valence-corrected chi connectivity index (χ4v) is 4.07. The number of carbonyl (C=O) groups excluding carboxylic acids is 1. The lowest BCUT2D eigenvalue weighted by Gasteiger charge is -2.32. The second kappa shape index (κ2) is 7.58. The number of aromatic amines is 1. The first-order valence-electron chi connectivity index (χ1n) is 9.83. The minimum atomic E-state index is -0.682. The number of amides is 1. The second-order valence-electron chi connectivity index (χ2n) is 7.39. The number of nitrogens with one attached hydrogen (secondary N) is 1. The molecule has 2 N–H and O–H groups in total. The monoisotopic (exact) mass is 393 g/mol. The topological polar surface area (TPSA) is 95.4 Å². The summed E-state index contributed by atoms with van der Waals surface area (Å²) < 4.78 is 1.41. The third kappa shape index (κ3) is 3.55. The van der Waals surface area contributed by atoms with Gasteiger partial charge in [0.15, 0.2) is 0 Å². The molecule has 1 aliphatic heterocycles. The van der Waals surface area contributed by atoms with Gasteiger partial charge in [-0.15, -0.1) is 0 Å². The number of fused-ring (bicyclic) bond motifs is 1. The van der Waals surface area contributed by atoms with Crippen LogP contribution in [0.4, 0.5) is 0 Å². The number of nitrogens with zero attached hydrogens (tertiary/aromatic N) is 2. The van der Waals surface area contributed by atoms with Crippen molar-refractivity contribution in [3.63, 3.8) is 0 Å². The van der Waals surface area contributed by atoms with Gasteiger partial charge in [-0.3, -0.25) is 14.4 Å². The summed E-state index contributed by atoms with van der Waals surface area (Å²) in [6, 6.07) is 12.3. The van der Waals surface area contributed by atoms with Crippen LogP contribution in [0.2, 0.25) is 0 Å². The highest BCUT2D eigenvalue weighted by Gasteiger charge is 2.25. The number of phenolic OH excluding ortho intramolecular Hbond substituents is 1. The van der Waals surface area contributed by atoms with E-state index in [4.69, 9.17) is 0 Å². The smallest absolute Gasteiger partial charge is 0.316 e. The van der Waals surface area contributed by atoms with E-state index in [1.807, 2.05) is 17.0 Å². The molecule has 3 aromatic rings. The van der Waals surface area contributed by atoms with Crippen LogP contribution < -0.4 is 11.1 Å². The lowest BCUT2D eigenvalue weighted by Crippen LogP contribution is -2.38. The van der Waals surface area contributed by atoms with E-state index < -0.39 is 11.1 Å². The van der Waals surface area contributed by atoms with E-state index in [2.05, 4.69) is 4.98 Å². The minimum absolute atomic E-state index is 0.0776. The molecule has 1 amide bonds. The number of aromatic nitrogens is 2. The first-order valence-corrected chi connectivity index (χ1v) is 9.83. The number of carbonyl (C=O) groups is 1. The zero-order valence-corrected chi connectivity index (χ0v) is 16.2. The normalized spacial score (nSPS) is 15.0. The van der Waals surface area contributed by atoms with Crippen molar-refractivity contribution >= 4 is 16.9 Å². The number of phenols is 1. The van der Waals surface area contributed by atoms with Crippen LogP contribution in [-0.2, 0) is 6.54 Å². The summed E-state index contributed by atoms with van der Waals surface area (Å²) in [7, 11) is 0. The average Bonchev–Trinajstić information content (AvgIpc) is 2.74. The van der Waals surface area contributed by atoms with Gasteiger partial charge in [0.1, 0.15) is 5.75 Å². The van der Waals surface area contributed by atoms with Gasteiger partial charge in [-0.25, -0.2) is 0 Å². The largest absolute Gasteiger partial charge is 0.508 e. The molecule has 0 radical (unpaired) electrons. The van der Waals surface area contributed by atoms with Crippen LogP contribution in [0.5, 0.6) is 5.75 Å². The van der Waals surface area contributed by atoms with Gasteiger partial charge in [-0.05, 0) is 61.6 Å². The Kier molecular flexibility index (Phi) is 4.96. The van der Waals surface area contributed by atoms with Crippen LogP contribution in [0.3, 0.4) is 0 Å². The molecule has 150 valence electrons. The molecule has 0 aliphatic carbocycles. The molecule has 0 unspecified atom stereocenters. The van der Waals surface area contributed by atoms with Crippen LogP contribution in [0.15, 0.2) is 52.1 Å². The van der Waals surface area contributed by atoms with Crippen LogP contribution in [-0.4, -0.2) is 38.6 Å². The first-order chi connectivity index (χ1) is 14.0. The van der Waals surface area contributed by atoms with E-state index in [-0.39, 0.29) is 11.7 Å². The fraction of sp³-hybridized carbons (Fsp3) is 0.318. The van der Waals surface area contributed by atoms with Gasteiger partial charge >= 0.3 is 11.1 Å². The van der Waals surface area contributed by atoms with Gasteiger partial charge in [-0.2, -0.15) is 0 Å². The Hall–Kier alpha value is -3.35. The summed E-state index contributed by atoms with van der Waals surface area (Å²) in [6.07, 6.45) is 1.71. The van der Waals surface area contributed by atoms with E-state index in [9.17, 15) is 19.5 Å². The van der Waals surface area contributed by atoms with Crippen molar-refractivity contribution in [3.8, 4) is 5.75 Å². The second-order valence-corrected chi connectivity index (χ2v) is 7.39. The predicted molar refractivity (Wildman–Crippen MR) is 110 cm³/mol. The van der Waals surface area contributed by atoms with Gasteiger partial charge in [0.05, 0.1) is 11.0 Å². The third-order valence-electron chi connectivity index (χ3n) is 5.68. The van der Waals surface area contributed by atoms with Crippen LogP contribution in [0, 0.1) is 0 Å². The molecular formula is C22H23N3O4. The third-order valence-corrected chi connectivity index (χ3v) is 5.68. The van der Waals surface area contributed by atoms with Crippen LogP contribution >= 0.6 is 0 Å². The van der Waals surface area contributed by atoms with Crippen LogP contribution in [0.1, 0.15) is 41.6 Å².